The van der Waals surface area contributed by atoms with Gasteiger partial charge in [0.2, 0.25) is 0 Å². The number of anilines is 1. The van der Waals surface area contributed by atoms with Gasteiger partial charge in [0, 0.05) is 29.0 Å². The summed E-state index contributed by atoms with van der Waals surface area (Å²) in [5.41, 5.74) is 2.94. The van der Waals surface area contributed by atoms with Crippen molar-refractivity contribution in [3.05, 3.63) is 29.0 Å². The van der Waals surface area contributed by atoms with Gasteiger partial charge in [-0.15, -0.1) is 0 Å². The van der Waals surface area contributed by atoms with E-state index >= 15 is 0 Å². The number of pyridine rings is 2. The minimum atomic E-state index is 0.507. The quantitative estimate of drug-likeness (QED) is 0.893. The third kappa shape index (κ3) is 2.87. The summed E-state index contributed by atoms with van der Waals surface area (Å²) in [5, 5.41) is 7.08. The summed E-state index contributed by atoms with van der Waals surface area (Å²) in [5.74, 6) is 0. The van der Waals surface area contributed by atoms with Gasteiger partial charge < -0.3 is 10.6 Å². The molecule has 2 atom stereocenters. The van der Waals surface area contributed by atoms with Crippen molar-refractivity contribution in [3.8, 4) is 0 Å². The first-order valence-corrected chi connectivity index (χ1v) is 7.42. The van der Waals surface area contributed by atoms with Crippen LogP contribution in [-0.2, 0) is 0 Å². The van der Waals surface area contributed by atoms with Crippen molar-refractivity contribution in [1.29, 1.82) is 0 Å². The number of hydrogen-bond donors (Lipinski definition) is 2. The molecule has 2 N–H and O–H groups in total. The van der Waals surface area contributed by atoms with E-state index < -0.39 is 0 Å². The van der Waals surface area contributed by atoms with E-state index in [2.05, 4.69) is 43.5 Å². The van der Waals surface area contributed by atoms with Gasteiger partial charge in [0.15, 0.2) is 0 Å². The van der Waals surface area contributed by atoms with Gasteiger partial charge in [-0.05, 0) is 54.4 Å². The second kappa shape index (κ2) is 5.43. The maximum Gasteiger partial charge on any atom is 0.112 e. The Balaban J connectivity index is 1.88. The molecule has 0 radical (unpaired) electrons. The van der Waals surface area contributed by atoms with Crippen LogP contribution in [0.2, 0.25) is 0 Å². The number of piperidine rings is 1. The first kappa shape index (κ1) is 12.8. The van der Waals surface area contributed by atoms with E-state index in [0.717, 1.165) is 40.6 Å². The molecule has 3 heterocycles. The molecule has 100 valence electrons. The molecular weight excluding hydrogens is 304 g/mol. The van der Waals surface area contributed by atoms with E-state index in [1.165, 1.54) is 0 Å². The molecule has 3 rings (SSSR count). The van der Waals surface area contributed by atoms with Crippen LogP contribution in [0.15, 0.2) is 29.0 Å². The molecule has 1 aliphatic heterocycles. The third-order valence-electron chi connectivity index (χ3n) is 3.53. The van der Waals surface area contributed by atoms with Crippen LogP contribution >= 0.6 is 15.9 Å². The predicted octanol–water partition coefficient (Wildman–Crippen LogP) is 2.94. The molecule has 0 aliphatic carbocycles. The van der Waals surface area contributed by atoms with Crippen molar-refractivity contribution < 1.29 is 0 Å². The van der Waals surface area contributed by atoms with Crippen molar-refractivity contribution in [2.75, 3.05) is 11.9 Å². The predicted molar refractivity (Wildman–Crippen MR) is 81.3 cm³/mol. The molecule has 5 heteroatoms. The normalized spacial score (nSPS) is 23.5. The molecule has 0 spiro atoms. The summed E-state index contributed by atoms with van der Waals surface area (Å²) in [6.07, 6.45) is 5.94. The molecular formula is C14H17BrN4. The molecule has 2 aromatic heterocycles. The second-order valence-corrected chi connectivity index (χ2v) is 6.02. The van der Waals surface area contributed by atoms with Crippen molar-refractivity contribution in [2.24, 2.45) is 0 Å². The highest BCUT2D eigenvalue weighted by Crippen LogP contribution is 2.24. The van der Waals surface area contributed by atoms with Gasteiger partial charge >= 0.3 is 0 Å². The van der Waals surface area contributed by atoms with Crippen LogP contribution < -0.4 is 10.6 Å². The molecule has 2 unspecified atom stereocenters. The van der Waals surface area contributed by atoms with E-state index in [4.69, 9.17) is 0 Å². The third-order valence-corrected chi connectivity index (χ3v) is 3.96. The molecule has 0 bridgehead atoms. The zero-order valence-corrected chi connectivity index (χ0v) is 12.4. The van der Waals surface area contributed by atoms with E-state index in [1.807, 2.05) is 24.5 Å². The lowest BCUT2D eigenvalue weighted by Gasteiger charge is -2.29. The number of halogens is 1. The lowest BCUT2D eigenvalue weighted by atomic mass is 10.0. The zero-order chi connectivity index (χ0) is 13.2. The molecule has 19 heavy (non-hydrogen) atoms. The van der Waals surface area contributed by atoms with Crippen LogP contribution in [0, 0.1) is 0 Å². The number of nitrogens with one attached hydrogen (secondary N) is 2. The summed E-state index contributed by atoms with van der Waals surface area (Å²) in [7, 11) is 0. The van der Waals surface area contributed by atoms with E-state index in [9.17, 15) is 0 Å². The molecule has 0 saturated carbocycles. The van der Waals surface area contributed by atoms with Crippen LogP contribution in [0.4, 0.5) is 5.69 Å². The maximum atomic E-state index is 4.48. The fraction of sp³-hybridized carbons (Fsp3) is 0.429. The summed E-state index contributed by atoms with van der Waals surface area (Å²) >= 11 is 3.43. The van der Waals surface area contributed by atoms with Crippen molar-refractivity contribution >= 4 is 32.7 Å². The van der Waals surface area contributed by atoms with E-state index in [0.29, 0.717) is 12.1 Å². The van der Waals surface area contributed by atoms with Crippen molar-refractivity contribution in [3.63, 3.8) is 0 Å². The average molecular weight is 321 g/mol. The second-order valence-electron chi connectivity index (χ2n) is 5.10. The Morgan fingerprint density at radius 2 is 2.32 bits per heavy atom. The average Bonchev–Trinajstić information content (AvgIpc) is 2.38. The standard InChI is InChI=1S/C14H17BrN4/c1-9-6-11(2-4-16-9)19-12-3-5-17-13-7-10(15)8-18-14(12)13/h3,5,7-9,11,16H,2,4,6H2,1H3,(H,17,19). The maximum absolute atomic E-state index is 4.48. The topological polar surface area (TPSA) is 49.8 Å². The van der Waals surface area contributed by atoms with Gasteiger partial charge in [-0.25, -0.2) is 0 Å². The largest absolute Gasteiger partial charge is 0.380 e. The lowest BCUT2D eigenvalue weighted by Crippen LogP contribution is -2.41. The molecule has 0 amide bonds. The van der Waals surface area contributed by atoms with Crippen molar-refractivity contribution in [2.45, 2.75) is 31.8 Å². The zero-order valence-electron chi connectivity index (χ0n) is 10.9. The SMILES string of the molecule is CC1CC(Nc2ccnc3cc(Br)cnc23)CCN1. The highest BCUT2D eigenvalue weighted by molar-refractivity contribution is 9.10. The fourth-order valence-electron chi connectivity index (χ4n) is 2.60. The van der Waals surface area contributed by atoms with Gasteiger partial charge in [0.25, 0.3) is 0 Å². The van der Waals surface area contributed by atoms with Crippen LogP contribution in [0.3, 0.4) is 0 Å². The first-order chi connectivity index (χ1) is 9.22. The van der Waals surface area contributed by atoms with E-state index in [-0.39, 0.29) is 0 Å². The molecule has 0 aromatic carbocycles. The lowest BCUT2D eigenvalue weighted by molar-refractivity contribution is 0.396. The van der Waals surface area contributed by atoms with Gasteiger partial charge in [-0.2, -0.15) is 0 Å². The van der Waals surface area contributed by atoms with E-state index in [1.54, 1.807) is 0 Å². The number of hydrogen-bond acceptors (Lipinski definition) is 4. The Hall–Kier alpha value is -1.20. The van der Waals surface area contributed by atoms with Gasteiger partial charge in [-0.3, -0.25) is 9.97 Å². The van der Waals surface area contributed by atoms with Crippen LogP contribution in [-0.4, -0.2) is 28.6 Å². The van der Waals surface area contributed by atoms with Crippen molar-refractivity contribution in [1.82, 2.24) is 15.3 Å². The number of rotatable bonds is 2. The van der Waals surface area contributed by atoms with Crippen LogP contribution in [0.25, 0.3) is 11.0 Å². The minimum Gasteiger partial charge on any atom is -0.380 e. The Morgan fingerprint density at radius 3 is 3.16 bits per heavy atom. The van der Waals surface area contributed by atoms with Gasteiger partial charge in [0.05, 0.1) is 11.2 Å². The fourth-order valence-corrected chi connectivity index (χ4v) is 2.92. The monoisotopic (exact) mass is 320 g/mol. The number of fused-ring (bicyclic) bond motifs is 1. The van der Waals surface area contributed by atoms with Gasteiger partial charge in [-0.1, -0.05) is 0 Å². The molecule has 1 aliphatic rings. The minimum absolute atomic E-state index is 0.507. The Kier molecular flexibility index (Phi) is 3.66. The number of nitrogens with zero attached hydrogens (tertiary/aromatic N) is 2. The van der Waals surface area contributed by atoms with Gasteiger partial charge in [0.1, 0.15) is 5.52 Å². The molecule has 4 nitrogen and oxygen atoms in total. The summed E-state index contributed by atoms with van der Waals surface area (Å²) in [4.78, 5) is 8.84. The van der Waals surface area contributed by atoms with Crippen LogP contribution in [0.1, 0.15) is 19.8 Å². The summed E-state index contributed by atoms with van der Waals surface area (Å²) in [6.45, 7) is 3.30. The molecule has 2 aromatic rings. The Morgan fingerprint density at radius 1 is 1.42 bits per heavy atom. The molecule has 1 fully saturated rings. The molecule has 1 saturated heterocycles. The first-order valence-electron chi connectivity index (χ1n) is 6.62. The summed E-state index contributed by atoms with van der Waals surface area (Å²) < 4.78 is 0.958. The highest BCUT2D eigenvalue weighted by Gasteiger charge is 2.18. The Labute approximate surface area is 121 Å². The highest BCUT2D eigenvalue weighted by atomic mass is 79.9. The van der Waals surface area contributed by atoms with Crippen LogP contribution in [0.5, 0.6) is 0 Å². The Bertz CT molecular complexity index is 587. The number of aromatic nitrogens is 2. The summed E-state index contributed by atoms with van der Waals surface area (Å²) in [6, 6.07) is 5.09. The smallest absolute Gasteiger partial charge is 0.112 e.